The summed E-state index contributed by atoms with van der Waals surface area (Å²) in [4.78, 5) is 13.8. The molecule has 122 valence electrons. The highest BCUT2D eigenvalue weighted by Gasteiger charge is 2.22. The molecule has 0 saturated carbocycles. The van der Waals surface area contributed by atoms with Crippen molar-refractivity contribution in [1.29, 1.82) is 0 Å². The van der Waals surface area contributed by atoms with E-state index in [0.717, 1.165) is 32.7 Å². The second-order valence-corrected chi connectivity index (χ2v) is 7.36. The van der Waals surface area contributed by atoms with Crippen LogP contribution in [0.5, 0.6) is 0 Å². The Bertz CT molecular complexity index is 864. The molecule has 3 aromatic rings. The first kappa shape index (κ1) is 16.9. The van der Waals surface area contributed by atoms with E-state index in [-0.39, 0.29) is 11.7 Å². The lowest BCUT2D eigenvalue weighted by atomic mass is 9.95. The second-order valence-electron chi connectivity index (χ2n) is 5.87. The van der Waals surface area contributed by atoms with Crippen LogP contribution in [0.3, 0.4) is 0 Å². The van der Waals surface area contributed by atoms with Crippen molar-refractivity contribution in [2.45, 2.75) is 19.8 Å². The summed E-state index contributed by atoms with van der Waals surface area (Å²) in [5, 5.41) is 0.665. The zero-order valence-electron chi connectivity index (χ0n) is 13.3. The Balaban J connectivity index is 2.29. The Morgan fingerprint density at radius 2 is 1.58 bits per heavy atom. The van der Waals surface area contributed by atoms with Crippen LogP contribution in [0.25, 0.3) is 21.6 Å². The topological polar surface area (TPSA) is 17.1 Å². The normalized spacial score (nSPS) is 11.0. The zero-order valence-corrected chi connectivity index (χ0v) is 14.9. The lowest BCUT2D eigenvalue weighted by molar-refractivity contribution is 0.112. The van der Waals surface area contributed by atoms with Gasteiger partial charge in [-0.05, 0) is 41.3 Å². The van der Waals surface area contributed by atoms with E-state index in [1.807, 2.05) is 24.3 Å². The summed E-state index contributed by atoms with van der Waals surface area (Å²) in [6.45, 7) is 4.14. The lowest BCUT2D eigenvalue weighted by Crippen LogP contribution is -1.91. The molecule has 2 aromatic carbocycles. The van der Waals surface area contributed by atoms with Crippen LogP contribution >= 0.6 is 22.9 Å². The molecule has 0 amide bonds. The summed E-state index contributed by atoms with van der Waals surface area (Å²) in [6.07, 6.45) is 0.907. The molecule has 0 fully saturated rings. The molecule has 24 heavy (non-hydrogen) atoms. The highest BCUT2D eigenvalue weighted by atomic mass is 35.5. The van der Waals surface area contributed by atoms with Gasteiger partial charge in [0.25, 0.3) is 0 Å². The van der Waals surface area contributed by atoms with E-state index < -0.39 is 0 Å². The minimum Gasteiger partial charge on any atom is -0.298 e. The minimum absolute atomic E-state index is 0.232. The third-order valence-electron chi connectivity index (χ3n) is 3.86. The molecule has 0 unspecified atom stereocenters. The molecule has 0 aliphatic rings. The summed E-state index contributed by atoms with van der Waals surface area (Å²) in [5.41, 5.74) is 3.39. The van der Waals surface area contributed by atoms with Crippen molar-refractivity contribution < 1.29 is 9.18 Å². The molecule has 0 saturated heterocycles. The summed E-state index contributed by atoms with van der Waals surface area (Å²) in [7, 11) is 0. The highest BCUT2D eigenvalue weighted by molar-refractivity contribution is 7.16. The maximum absolute atomic E-state index is 13.3. The number of hydrogen-bond donors (Lipinski definition) is 0. The standard InChI is InChI=1S/C20H16ClFOS/c1-12(2)19-17(11-23)18(13-5-9-16(22)10-6-13)20(24-19)14-3-7-15(21)8-4-14/h3-12H,1-2H3. The van der Waals surface area contributed by atoms with Gasteiger partial charge in [0.1, 0.15) is 5.82 Å². The van der Waals surface area contributed by atoms with Crippen LogP contribution in [0.4, 0.5) is 4.39 Å². The molecular formula is C20H16ClFOS. The molecule has 4 heteroatoms. The second kappa shape index (κ2) is 6.88. The van der Waals surface area contributed by atoms with Gasteiger partial charge >= 0.3 is 0 Å². The smallest absolute Gasteiger partial charge is 0.151 e. The van der Waals surface area contributed by atoms with Crippen LogP contribution in [0, 0.1) is 5.82 Å². The average Bonchev–Trinajstić information content (AvgIpc) is 2.96. The fourth-order valence-electron chi connectivity index (χ4n) is 2.72. The Morgan fingerprint density at radius 3 is 2.12 bits per heavy atom. The third-order valence-corrected chi connectivity index (χ3v) is 5.66. The average molecular weight is 359 g/mol. The lowest BCUT2D eigenvalue weighted by Gasteiger charge is -2.07. The van der Waals surface area contributed by atoms with Gasteiger partial charge in [-0.15, -0.1) is 11.3 Å². The van der Waals surface area contributed by atoms with Crippen LogP contribution < -0.4 is 0 Å². The molecule has 1 nitrogen and oxygen atoms in total. The molecular weight excluding hydrogens is 343 g/mol. The van der Waals surface area contributed by atoms with Crippen LogP contribution in [-0.2, 0) is 0 Å². The van der Waals surface area contributed by atoms with Crippen LogP contribution in [-0.4, -0.2) is 6.29 Å². The van der Waals surface area contributed by atoms with Crippen molar-refractivity contribution in [3.63, 3.8) is 0 Å². The van der Waals surface area contributed by atoms with Gasteiger partial charge in [0.05, 0.1) is 0 Å². The maximum Gasteiger partial charge on any atom is 0.151 e. The van der Waals surface area contributed by atoms with E-state index in [9.17, 15) is 9.18 Å². The maximum atomic E-state index is 13.3. The molecule has 0 radical (unpaired) electrons. The van der Waals surface area contributed by atoms with Gasteiger partial charge in [0.15, 0.2) is 6.29 Å². The van der Waals surface area contributed by atoms with Crippen LogP contribution in [0.1, 0.15) is 35.0 Å². The van der Waals surface area contributed by atoms with E-state index in [1.165, 1.54) is 12.1 Å². The first-order valence-corrected chi connectivity index (χ1v) is 8.84. The van der Waals surface area contributed by atoms with Gasteiger partial charge in [0, 0.05) is 25.9 Å². The van der Waals surface area contributed by atoms with E-state index in [0.29, 0.717) is 10.6 Å². The number of aldehydes is 1. The van der Waals surface area contributed by atoms with Gasteiger partial charge < -0.3 is 0 Å². The summed E-state index contributed by atoms with van der Waals surface area (Å²) in [6, 6.07) is 13.8. The SMILES string of the molecule is CC(C)c1sc(-c2ccc(Cl)cc2)c(-c2ccc(F)cc2)c1C=O. The molecule has 1 heterocycles. The number of carbonyl (C=O) groups excluding carboxylic acids is 1. The molecule has 0 atom stereocenters. The van der Waals surface area contributed by atoms with Crippen molar-refractivity contribution in [3.8, 4) is 21.6 Å². The Labute approximate surface area is 149 Å². The third kappa shape index (κ3) is 3.14. The minimum atomic E-state index is -0.293. The number of thiophene rings is 1. The van der Waals surface area contributed by atoms with Crippen molar-refractivity contribution in [2.24, 2.45) is 0 Å². The first-order valence-electron chi connectivity index (χ1n) is 7.65. The number of halogens is 2. The van der Waals surface area contributed by atoms with Gasteiger partial charge in [0.2, 0.25) is 0 Å². The summed E-state index contributed by atoms with van der Waals surface area (Å²) in [5.74, 6) is -0.0609. The van der Waals surface area contributed by atoms with Crippen LogP contribution in [0.2, 0.25) is 5.02 Å². The molecule has 0 N–H and O–H groups in total. The highest BCUT2D eigenvalue weighted by Crippen LogP contribution is 2.45. The Kier molecular flexibility index (Phi) is 4.83. The van der Waals surface area contributed by atoms with Crippen LogP contribution in [0.15, 0.2) is 48.5 Å². The predicted molar refractivity (Wildman–Crippen MR) is 99.6 cm³/mol. The Hall–Kier alpha value is -1.97. The quantitative estimate of drug-likeness (QED) is 0.468. The zero-order chi connectivity index (χ0) is 17.3. The van der Waals surface area contributed by atoms with Gasteiger partial charge in [-0.3, -0.25) is 4.79 Å². The van der Waals surface area contributed by atoms with Crippen molar-refractivity contribution >= 4 is 29.2 Å². The van der Waals surface area contributed by atoms with E-state index in [2.05, 4.69) is 13.8 Å². The number of hydrogen-bond acceptors (Lipinski definition) is 2. The van der Waals surface area contributed by atoms with Crippen molar-refractivity contribution in [1.82, 2.24) is 0 Å². The molecule has 1 aromatic heterocycles. The number of rotatable bonds is 4. The molecule has 0 aliphatic heterocycles. The summed E-state index contributed by atoms with van der Waals surface area (Å²) < 4.78 is 13.3. The number of benzene rings is 2. The molecule has 3 rings (SSSR count). The van der Waals surface area contributed by atoms with E-state index in [4.69, 9.17) is 11.6 Å². The fraction of sp³-hybridized carbons (Fsp3) is 0.150. The van der Waals surface area contributed by atoms with Crippen molar-refractivity contribution in [2.75, 3.05) is 0 Å². The molecule has 0 aliphatic carbocycles. The molecule has 0 spiro atoms. The van der Waals surface area contributed by atoms with E-state index >= 15 is 0 Å². The van der Waals surface area contributed by atoms with Crippen molar-refractivity contribution in [3.05, 3.63) is 69.8 Å². The fourth-order valence-corrected chi connectivity index (χ4v) is 4.14. The summed E-state index contributed by atoms with van der Waals surface area (Å²) >= 11 is 7.60. The Morgan fingerprint density at radius 1 is 1.00 bits per heavy atom. The monoisotopic (exact) mass is 358 g/mol. The first-order chi connectivity index (χ1) is 11.5. The largest absolute Gasteiger partial charge is 0.298 e. The predicted octanol–water partition coefficient (Wildman–Crippen LogP) is 6.81. The van der Waals surface area contributed by atoms with Gasteiger partial charge in [-0.25, -0.2) is 4.39 Å². The van der Waals surface area contributed by atoms with E-state index in [1.54, 1.807) is 23.5 Å². The molecule has 0 bridgehead atoms. The van der Waals surface area contributed by atoms with Gasteiger partial charge in [-0.2, -0.15) is 0 Å². The van der Waals surface area contributed by atoms with Gasteiger partial charge in [-0.1, -0.05) is 49.7 Å². The number of carbonyl (C=O) groups is 1.